The summed E-state index contributed by atoms with van der Waals surface area (Å²) >= 11 is 0. The molecule has 0 aliphatic rings. The summed E-state index contributed by atoms with van der Waals surface area (Å²) in [6.45, 7) is 8.35. The number of ether oxygens (including phenoxy) is 2. The van der Waals surface area contributed by atoms with Gasteiger partial charge in [-0.25, -0.2) is 4.68 Å². The summed E-state index contributed by atoms with van der Waals surface area (Å²) in [5.41, 5.74) is 1.90. The summed E-state index contributed by atoms with van der Waals surface area (Å²) in [7, 11) is 0.588. The number of hydrogen-bond donors (Lipinski definition) is 1. The van der Waals surface area contributed by atoms with E-state index in [2.05, 4.69) is 24.7 Å². The maximum Gasteiger partial charge on any atom is 0.139 e. The molecule has 0 unspecified atom stereocenters. The van der Waals surface area contributed by atoms with Crippen molar-refractivity contribution in [1.29, 1.82) is 0 Å². The molecule has 1 aromatic heterocycles. The van der Waals surface area contributed by atoms with Gasteiger partial charge in [-0.1, -0.05) is 19.6 Å². The fraction of sp³-hybridized carbons (Fsp3) is 0.562. The quantitative estimate of drug-likeness (QED) is 0.600. The van der Waals surface area contributed by atoms with Crippen LogP contribution in [-0.2, 0) is 17.9 Å². The molecule has 0 saturated carbocycles. The highest BCUT2D eigenvalue weighted by atomic mass is 28.3. The van der Waals surface area contributed by atoms with E-state index in [4.69, 9.17) is 9.47 Å². The van der Waals surface area contributed by atoms with Gasteiger partial charge in [-0.05, 0) is 30.2 Å². The predicted octanol–water partition coefficient (Wildman–Crippen LogP) is 2.89. The topological polar surface area (TPSA) is 56.5 Å². The summed E-state index contributed by atoms with van der Waals surface area (Å²) in [4.78, 5) is 0. The number of aliphatic hydroxyl groups excluding tert-OH is 1. The molecule has 0 aliphatic heterocycles. The van der Waals surface area contributed by atoms with Gasteiger partial charge in [0.25, 0.3) is 0 Å². The Morgan fingerprint density at radius 1 is 1.27 bits per heavy atom. The van der Waals surface area contributed by atoms with Crippen LogP contribution in [0, 0.1) is 0 Å². The minimum absolute atomic E-state index is 0.0990. The minimum atomic E-state index is -1.06. The molecule has 2 rings (SSSR count). The third kappa shape index (κ3) is 4.56. The van der Waals surface area contributed by atoms with Crippen molar-refractivity contribution in [2.24, 2.45) is 0 Å². The lowest BCUT2D eigenvalue weighted by Gasteiger charge is -2.15. The number of nitrogens with zero attached hydrogens (tertiary/aromatic N) is 2. The van der Waals surface area contributed by atoms with Gasteiger partial charge in [-0.2, -0.15) is 5.10 Å². The van der Waals surface area contributed by atoms with Crippen molar-refractivity contribution in [2.75, 3.05) is 20.3 Å². The molecule has 0 spiro atoms. The zero-order valence-corrected chi connectivity index (χ0v) is 14.9. The Morgan fingerprint density at radius 2 is 2.05 bits per heavy atom. The fourth-order valence-corrected chi connectivity index (χ4v) is 3.02. The summed E-state index contributed by atoms with van der Waals surface area (Å²) in [6.07, 6.45) is 2.54. The molecule has 1 N–H and O–H groups in total. The standard InChI is InChI=1S/C16H26N2O3Si/c1-20-15-9-13(5-6-19)16-14(10-15)11-18(17-16)12-21-7-8-22(2,3)4/h9-11,19H,5-8,12H2,1-4H3. The van der Waals surface area contributed by atoms with Crippen LogP contribution in [0.4, 0.5) is 0 Å². The van der Waals surface area contributed by atoms with Crippen LogP contribution >= 0.6 is 0 Å². The van der Waals surface area contributed by atoms with E-state index in [0.717, 1.165) is 34.9 Å². The first kappa shape index (κ1) is 17.0. The Bertz CT molecular complexity index is 620. The number of aromatic nitrogens is 2. The molecule has 122 valence electrons. The minimum Gasteiger partial charge on any atom is -0.497 e. The van der Waals surface area contributed by atoms with Crippen LogP contribution in [0.25, 0.3) is 10.9 Å². The number of aliphatic hydroxyl groups is 1. The number of hydrogen-bond acceptors (Lipinski definition) is 4. The van der Waals surface area contributed by atoms with Gasteiger partial charge in [-0.15, -0.1) is 0 Å². The van der Waals surface area contributed by atoms with Crippen molar-refractivity contribution < 1.29 is 14.6 Å². The van der Waals surface area contributed by atoms with Crippen LogP contribution in [0.15, 0.2) is 18.3 Å². The average molecular weight is 322 g/mol. The molecular weight excluding hydrogens is 296 g/mol. The van der Waals surface area contributed by atoms with Crippen molar-refractivity contribution >= 4 is 19.0 Å². The molecular formula is C16H26N2O3Si. The first-order valence-electron chi connectivity index (χ1n) is 7.65. The van der Waals surface area contributed by atoms with E-state index in [-0.39, 0.29) is 6.61 Å². The van der Waals surface area contributed by atoms with Crippen LogP contribution in [-0.4, -0.2) is 43.3 Å². The highest BCUT2D eigenvalue weighted by Crippen LogP contribution is 2.24. The Labute approximate surface area is 132 Å². The SMILES string of the molecule is COc1cc(CCO)c2nn(COCC[Si](C)(C)C)cc2c1. The highest BCUT2D eigenvalue weighted by molar-refractivity contribution is 6.76. The molecule has 0 saturated heterocycles. The van der Waals surface area contributed by atoms with Crippen molar-refractivity contribution in [1.82, 2.24) is 9.78 Å². The second-order valence-electron chi connectivity index (χ2n) is 6.71. The number of methoxy groups -OCH3 is 1. The van der Waals surface area contributed by atoms with Crippen molar-refractivity contribution in [3.8, 4) is 5.75 Å². The lowest BCUT2D eigenvalue weighted by molar-refractivity contribution is 0.0791. The Balaban J connectivity index is 2.10. The van der Waals surface area contributed by atoms with E-state index in [1.165, 1.54) is 0 Å². The van der Waals surface area contributed by atoms with E-state index in [1.807, 2.05) is 23.0 Å². The van der Waals surface area contributed by atoms with E-state index in [0.29, 0.717) is 13.2 Å². The van der Waals surface area contributed by atoms with E-state index >= 15 is 0 Å². The molecule has 6 heteroatoms. The molecule has 0 fully saturated rings. The third-order valence-electron chi connectivity index (χ3n) is 3.55. The highest BCUT2D eigenvalue weighted by Gasteiger charge is 2.13. The van der Waals surface area contributed by atoms with Gasteiger partial charge in [0.05, 0.1) is 12.6 Å². The van der Waals surface area contributed by atoms with Crippen molar-refractivity contribution in [3.63, 3.8) is 0 Å². The summed E-state index contributed by atoms with van der Waals surface area (Å²) in [5.74, 6) is 0.787. The molecule has 0 amide bonds. The Kier molecular flexibility index (Phi) is 5.61. The number of fused-ring (bicyclic) bond motifs is 1. The van der Waals surface area contributed by atoms with Gasteiger partial charge >= 0.3 is 0 Å². The van der Waals surface area contributed by atoms with Gasteiger partial charge < -0.3 is 14.6 Å². The summed E-state index contributed by atoms with van der Waals surface area (Å²) < 4.78 is 12.9. The summed E-state index contributed by atoms with van der Waals surface area (Å²) in [5, 5.41) is 14.8. The maximum atomic E-state index is 9.20. The second kappa shape index (κ2) is 7.26. The van der Waals surface area contributed by atoms with E-state index in [9.17, 15) is 5.11 Å². The van der Waals surface area contributed by atoms with Crippen molar-refractivity contribution in [2.45, 2.75) is 38.8 Å². The number of benzene rings is 1. The van der Waals surface area contributed by atoms with Crippen LogP contribution in [0.3, 0.4) is 0 Å². The average Bonchev–Trinajstić information content (AvgIpc) is 2.86. The van der Waals surface area contributed by atoms with Gasteiger partial charge in [0.15, 0.2) is 0 Å². The second-order valence-corrected chi connectivity index (χ2v) is 12.3. The van der Waals surface area contributed by atoms with Crippen LogP contribution < -0.4 is 4.74 Å². The fourth-order valence-electron chi connectivity index (χ4n) is 2.26. The zero-order valence-electron chi connectivity index (χ0n) is 13.9. The zero-order chi connectivity index (χ0) is 16.2. The molecule has 0 bridgehead atoms. The molecule has 5 nitrogen and oxygen atoms in total. The number of rotatable bonds is 8. The Hall–Kier alpha value is -1.37. The van der Waals surface area contributed by atoms with Crippen LogP contribution in [0.5, 0.6) is 5.75 Å². The molecule has 0 aliphatic carbocycles. The third-order valence-corrected chi connectivity index (χ3v) is 5.25. The first-order chi connectivity index (χ1) is 10.4. The molecule has 0 atom stereocenters. The summed E-state index contributed by atoms with van der Waals surface area (Å²) in [6, 6.07) is 5.04. The van der Waals surface area contributed by atoms with Gasteiger partial charge in [0.1, 0.15) is 12.5 Å². The predicted molar refractivity (Wildman–Crippen MR) is 91.2 cm³/mol. The molecule has 1 aromatic carbocycles. The monoisotopic (exact) mass is 322 g/mol. The van der Waals surface area contributed by atoms with E-state index in [1.54, 1.807) is 7.11 Å². The van der Waals surface area contributed by atoms with E-state index < -0.39 is 8.07 Å². The van der Waals surface area contributed by atoms with Gasteiger partial charge in [-0.3, -0.25) is 0 Å². The largest absolute Gasteiger partial charge is 0.497 e. The molecule has 0 radical (unpaired) electrons. The Morgan fingerprint density at radius 3 is 2.68 bits per heavy atom. The van der Waals surface area contributed by atoms with Crippen molar-refractivity contribution in [3.05, 3.63) is 23.9 Å². The van der Waals surface area contributed by atoms with Crippen LogP contribution in [0.1, 0.15) is 5.56 Å². The normalized spacial score (nSPS) is 12.0. The lowest BCUT2D eigenvalue weighted by atomic mass is 10.1. The first-order valence-corrected chi connectivity index (χ1v) is 11.4. The maximum absolute atomic E-state index is 9.20. The molecule has 1 heterocycles. The molecule has 22 heavy (non-hydrogen) atoms. The lowest BCUT2D eigenvalue weighted by Crippen LogP contribution is -2.22. The van der Waals surface area contributed by atoms with Crippen LogP contribution in [0.2, 0.25) is 25.7 Å². The van der Waals surface area contributed by atoms with Gasteiger partial charge in [0, 0.05) is 32.9 Å². The van der Waals surface area contributed by atoms with Gasteiger partial charge in [0.2, 0.25) is 0 Å². The molecule has 2 aromatic rings. The smallest absolute Gasteiger partial charge is 0.139 e.